The molecule has 0 aromatic heterocycles. The van der Waals surface area contributed by atoms with Crippen molar-refractivity contribution in [3.05, 3.63) is 0 Å². The largest absolute Gasteiger partial charge is 0.462 e. The molecule has 0 N–H and O–H groups in total. The second-order valence-electron chi connectivity index (χ2n) is 6.09. The molecule has 2 fully saturated rings. The standard InChI is InChI=1S/C15H22O9/c1-7(16)19-6-10(20-8(2)17)11-12(21-9(3)18)13-14(22-11)24-15(4,5)23-13/h10-14H,6H2,1-5H3/t10-,11+,12-,13+,14+/m0/s1. The van der Waals surface area contributed by atoms with Gasteiger partial charge in [-0.05, 0) is 13.8 Å². The Morgan fingerprint density at radius 3 is 2.25 bits per heavy atom. The molecule has 2 heterocycles. The number of carbonyl (C=O) groups is 3. The first kappa shape index (κ1) is 18.6. The van der Waals surface area contributed by atoms with Crippen LogP contribution in [0.4, 0.5) is 0 Å². The van der Waals surface area contributed by atoms with Gasteiger partial charge >= 0.3 is 17.9 Å². The molecule has 2 aliphatic heterocycles. The molecule has 5 atom stereocenters. The van der Waals surface area contributed by atoms with E-state index in [0.29, 0.717) is 0 Å². The minimum Gasteiger partial charge on any atom is -0.462 e. The van der Waals surface area contributed by atoms with Crippen molar-refractivity contribution in [2.75, 3.05) is 6.61 Å². The molecule has 0 bridgehead atoms. The highest BCUT2D eigenvalue weighted by Gasteiger charge is 2.59. The van der Waals surface area contributed by atoms with Crippen molar-refractivity contribution in [3.63, 3.8) is 0 Å². The van der Waals surface area contributed by atoms with Gasteiger partial charge < -0.3 is 28.4 Å². The third-order valence-corrected chi connectivity index (χ3v) is 3.46. The van der Waals surface area contributed by atoms with Crippen LogP contribution in [-0.4, -0.2) is 61.0 Å². The molecule has 0 unspecified atom stereocenters. The van der Waals surface area contributed by atoms with E-state index in [1.807, 2.05) is 0 Å². The topological polar surface area (TPSA) is 107 Å². The van der Waals surface area contributed by atoms with Gasteiger partial charge in [0.15, 0.2) is 30.4 Å². The number of fused-ring (bicyclic) bond motifs is 1. The number of rotatable bonds is 5. The monoisotopic (exact) mass is 346 g/mol. The van der Waals surface area contributed by atoms with Crippen molar-refractivity contribution >= 4 is 17.9 Å². The zero-order valence-corrected chi connectivity index (χ0v) is 14.3. The average molecular weight is 346 g/mol. The number of ether oxygens (including phenoxy) is 6. The SMILES string of the molecule is CC(=O)OC[C@H](OC(C)=O)[C@H]1O[C@@H]2OC(C)(C)O[C@@H]2[C@H]1OC(C)=O. The molecule has 2 rings (SSSR count). The summed E-state index contributed by atoms with van der Waals surface area (Å²) in [5, 5.41) is 0. The summed E-state index contributed by atoms with van der Waals surface area (Å²) < 4.78 is 32.5. The first-order chi connectivity index (χ1) is 11.1. The van der Waals surface area contributed by atoms with Gasteiger partial charge in [-0.25, -0.2) is 0 Å². The minimum absolute atomic E-state index is 0.236. The quantitative estimate of drug-likeness (QED) is 0.513. The predicted molar refractivity (Wildman–Crippen MR) is 76.4 cm³/mol. The van der Waals surface area contributed by atoms with E-state index in [0.717, 1.165) is 0 Å². The smallest absolute Gasteiger partial charge is 0.303 e. The summed E-state index contributed by atoms with van der Waals surface area (Å²) in [5.74, 6) is -2.57. The molecule has 0 amide bonds. The van der Waals surface area contributed by atoms with Crippen molar-refractivity contribution in [1.29, 1.82) is 0 Å². The van der Waals surface area contributed by atoms with Crippen molar-refractivity contribution in [1.82, 2.24) is 0 Å². The maximum atomic E-state index is 11.4. The van der Waals surface area contributed by atoms with Crippen LogP contribution in [0.15, 0.2) is 0 Å². The number of hydrogen-bond donors (Lipinski definition) is 0. The second-order valence-corrected chi connectivity index (χ2v) is 6.09. The normalized spacial score (nSPS) is 31.9. The Balaban J connectivity index is 2.19. The number of carbonyl (C=O) groups excluding carboxylic acids is 3. The molecule has 0 aliphatic carbocycles. The lowest BCUT2D eigenvalue weighted by Gasteiger charge is -2.29. The maximum Gasteiger partial charge on any atom is 0.303 e. The van der Waals surface area contributed by atoms with E-state index in [9.17, 15) is 14.4 Å². The molecule has 0 spiro atoms. The van der Waals surface area contributed by atoms with Crippen LogP contribution in [0.5, 0.6) is 0 Å². The van der Waals surface area contributed by atoms with Gasteiger partial charge in [0, 0.05) is 20.8 Å². The molecular weight excluding hydrogens is 324 g/mol. The molecule has 0 aromatic carbocycles. The summed E-state index contributed by atoms with van der Waals surface area (Å²) >= 11 is 0. The van der Waals surface area contributed by atoms with Crippen LogP contribution in [0.3, 0.4) is 0 Å². The molecular formula is C15H22O9. The number of hydrogen-bond acceptors (Lipinski definition) is 9. The maximum absolute atomic E-state index is 11.4. The molecule has 9 heteroatoms. The summed E-state index contributed by atoms with van der Waals surface area (Å²) in [6.07, 6.45) is -4.18. The molecule has 2 saturated heterocycles. The van der Waals surface area contributed by atoms with Crippen LogP contribution >= 0.6 is 0 Å². The fourth-order valence-electron chi connectivity index (χ4n) is 2.74. The van der Waals surface area contributed by atoms with E-state index in [1.54, 1.807) is 13.8 Å². The highest BCUT2D eigenvalue weighted by molar-refractivity contribution is 5.67. The van der Waals surface area contributed by atoms with Gasteiger partial charge in [0.2, 0.25) is 0 Å². The fraction of sp³-hybridized carbons (Fsp3) is 0.800. The van der Waals surface area contributed by atoms with E-state index in [2.05, 4.69) is 0 Å². The summed E-state index contributed by atoms with van der Waals surface area (Å²) in [5.41, 5.74) is 0. The summed E-state index contributed by atoms with van der Waals surface area (Å²) in [6.45, 7) is 6.87. The zero-order chi connectivity index (χ0) is 18.1. The van der Waals surface area contributed by atoms with E-state index in [4.69, 9.17) is 28.4 Å². The second kappa shape index (κ2) is 7.04. The molecule has 0 saturated carbocycles. The molecule has 9 nitrogen and oxygen atoms in total. The molecule has 24 heavy (non-hydrogen) atoms. The lowest BCUT2D eigenvalue weighted by molar-refractivity contribution is -0.234. The van der Waals surface area contributed by atoms with E-state index >= 15 is 0 Å². The third kappa shape index (κ3) is 4.43. The Bertz CT molecular complexity index is 515. The summed E-state index contributed by atoms with van der Waals surface area (Å²) in [6, 6.07) is 0. The van der Waals surface area contributed by atoms with Gasteiger partial charge in [0.1, 0.15) is 12.7 Å². The van der Waals surface area contributed by atoms with Gasteiger partial charge in [-0.15, -0.1) is 0 Å². The fourth-order valence-corrected chi connectivity index (χ4v) is 2.74. The Morgan fingerprint density at radius 2 is 1.71 bits per heavy atom. The molecule has 0 aromatic rings. The lowest BCUT2D eigenvalue weighted by Crippen LogP contribution is -2.47. The first-order valence-corrected chi connectivity index (χ1v) is 7.58. The van der Waals surface area contributed by atoms with E-state index in [1.165, 1.54) is 20.8 Å². The third-order valence-electron chi connectivity index (χ3n) is 3.46. The highest BCUT2D eigenvalue weighted by Crippen LogP contribution is 2.40. The van der Waals surface area contributed by atoms with Gasteiger partial charge in [-0.3, -0.25) is 14.4 Å². The molecule has 136 valence electrons. The Hall–Kier alpha value is -1.71. The molecule has 0 radical (unpaired) electrons. The van der Waals surface area contributed by atoms with Crippen LogP contribution in [0.1, 0.15) is 34.6 Å². The van der Waals surface area contributed by atoms with Crippen LogP contribution in [0, 0.1) is 0 Å². The Kier molecular flexibility index (Phi) is 5.46. The van der Waals surface area contributed by atoms with Crippen LogP contribution in [0.2, 0.25) is 0 Å². The van der Waals surface area contributed by atoms with Gasteiger partial charge in [-0.1, -0.05) is 0 Å². The van der Waals surface area contributed by atoms with Crippen molar-refractivity contribution < 1.29 is 42.8 Å². The Labute approximate surface area is 139 Å². The Morgan fingerprint density at radius 1 is 1.04 bits per heavy atom. The summed E-state index contributed by atoms with van der Waals surface area (Å²) in [4.78, 5) is 33.8. The zero-order valence-electron chi connectivity index (χ0n) is 14.3. The van der Waals surface area contributed by atoms with Gasteiger partial charge in [0.25, 0.3) is 0 Å². The number of esters is 3. The van der Waals surface area contributed by atoms with E-state index < -0.39 is 54.4 Å². The summed E-state index contributed by atoms with van der Waals surface area (Å²) in [7, 11) is 0. The average Bonchev–Trinajstić information content (AvgIpc) is 2.87. The van der Waals surface area contributed by atoms with Crippen molar-refractivity contribution in [3.8, 4) is 0 Å². The lowest BCUT2D eigenvalue weighted by atomic mass is 10.1. The first-order valence-electron chi connectivity index (χ1n) is 7.58. The highest BCUT2D eigenvalue weighted by atomic mass is 16.8. The van der Waals surface area contributed by atoms with Crippen LogP contribution in [-0.2, 0) is 42.8 Å². The molecule has 2 aliphatic rings. The van der Waals surface area contributed by atoms with E-state index in [-0.39, 0.29) is 6.61 Å². The van der Waals surface area contributed by atoms with Gasteiger partial charge in [0.05, 0.1) is 0 Å². The van der Waals surface area contributed by atoms with Crippen molar-refractivity contribution in [2.45, 2.75) is 71.1 Å². The van der Waals surface area contributed by atoms with Gasteiger partial charge in [-0.2, -0.15) is 0 Å². The van der Waals surface area contributed by atoms with Crippen LogP contribution in [0.25, 0.3) is 0 Å². The minimum atomic E-state index is -0.961. The predicted octanol–water partition coefficient (Wildman–Crippen LogP) is 0.289. The van der Waals surface area contributed by atoms with Crippen molar-refractivity contribution in [2.24, 2.45) is 0 Å². The van der Waals surface area contributed by atoms with Crippen LogP contribution < -0.4 is 0 Å².